The van der Waals surface area contributed by atoms with E-state index >= 15 is 0 Å². The van der Waals surface area contributed by atoms with Gasteiger partial charge in [-0.1, -0.05) is 13.8 Å². The van der Waals surface area contributed by atoms with Crippen LogP contribution < -0.4 is 0 Å². The summed E-state index contributed by atoms with van der Waals surface area (Å²) in [5, 5.41) is 33.3. The molecule has 19 atom stereocenters. The number of epoxide rings is 1. The largest absolute Gasteiger partial charge is 0.459 e. The van der Waals surface area contributed by atoms with E-state index in [0.29, 0.717) is 12.8 Å². The molecule has 4 aliphatic carbocycles. The highest BCUT2D eigenvalue weighted by atomic mass is 16.7. The zero-order chi connectivity index (χ0) is 36.1. The zero-order valence-electron chi connectivity index (χ0n) is 30.7. The number of fused-ring (bicyclic) bond motifs is 2. The van der Waals surface area contributed by atoms with Gasteiger partial charge in [0.15, 0.2) is 12.6 Å². The van der Waals surface area contributed by atoms with Crippen LogP contribution in [0.25, 0.3) is 0 Å². The smallest absolute Gasteiger partial charge is 0.303 e. The summed E-state index contributed by atoms with van der Waals surface area (Å²) < 4.78 is 49.3. The number of aliphatic hydroxyl groups is 3. The van der Waals surface area contributed by atoms with E-state index in [4.69, 9.17) is 37.9 Å². The van der Waals surface area contributed by atoms with E-state index in [1.165, 1.54) is 14.0 Å². The predicted molar refractivity (Wildman–Crippen MR) is 174 cm³/mol. The minimum absolute atomic E-state index is 0.0496. The van der Waals surface area contributed by atoms with Crippen molar-refractivity contribution in [3.8, 4) is 0 Å². The van der Waals surface area contributed by atoms with Crippen LogP contribution in [0.15, 0.2) is 0 Å². The number of hydrogen-bond donors (Lipinski definition) is 3. The molecule has 0 aromatic rings. The summed E-state index contributed by atoms with van der Waals surface area (Å²) >= 11 is 0. The third-order valence-electron chi connectivity index (χ3n) is 14.6. The van der Waals surface area contributed by atoms with Crippen LogP contribution in [0.4, 0.5) is 0 Å². The van der Waals surface area contributed by atoms with E-state index in [1.807, 2.05) is 13.8 Å². The van der Waals surface area contributed by atoms with E-state index < -0.39 is 90.1 Å². The van der Waals surface area contributed by atoms with Crippen LogP contribution in [0.3, 0.4) is 0 Å². The quantitative estimate of drug-likeness (QED) is 0.191. The molecule has 50 heavy (non-hydrogen) atoms. The van der Waals surface area contributed by atoms with Crippen LogP contribution in [0.2, 0.25) is 0 Å². The molecular formula is C37H58O13. The second-order valence-electron chi connectivity index (χ2n) is 16.8. The highest BCUT2D eigenvalue weighted by Crippen LogP contribution is 2.81. The van der Waals surface area contributed by atoms with Crippen molar-refractivity contribution in [2.45, 2.75) is 178 Å². The molecule has 7 aliphatic rings. The fourth-order valence-corrected chi connectivity index (χ4v) is 12.1. The Balaban J connectivity index is 1.04. The van der Waals surface area contributed by atoms with Gasteiger partial charge in [0.1, 0.15) is 53.6 Å². The Bertz CT molecular complexity index is 1310. The molecule has 0 bridgehead atoms. The Morgan fingerprint density at radius 2 is 1.54 bits per heavy atom. The lowest BCUT2D eigenvalue weighted by Gasteiger charge is -2.61. The Labute approximate surface area is 294 Å². The first kappa shape index (κ1) is 37.1. The number of Topliss-reactive ketones (excluding diaryl/α,β-unsaturated/α-hetero) is 1. The lowest BCUT2D eigenvalue weighted by molar-refractivity contribution is -0.343. The summed E-state index contributed by atoms with van der Waals surface area (Å²) in [6.45, 7) is 10.8. The average Bonchev–Trinajstić information content (AvgIpc) is 3.60. The molecule has 0 radical (unpaired) electrons. The Kier molecular flexibility index (Phi) is 9.60. The number of carbonyl (C=O) groups is 2. The number of methoxy groups -OCH3 is 2. The number of ether oxygens (including phenoxy) is 8. The van der Waals surface area contributed by atoms with Crippen molar-refractivity contribution < 1.29 is 62.8 Å². The van der Waals surface area contributed by atoms with Gasteiger partial charge in [-0.2, -0.15) is 0 Å². The number of esters is 1. The van der Waals surface area contributed by atoms with Crippen LogP contribution in [0.5, 0.6) is 0 Å². The standard InChI is InChI=1S/C37H58O13/c1-17(38)23-11-14-37-35(23,6)32(42)30(47-20(4)39)31-34(5)12-10-22(15-21(34)9-13-36(31,37)50-37)48-25-16-24(43-7)28(19(3)45-25)49-33-27(41)29(44-8)26(40)18(2)46-33/h18-19,21-33,40-42H,9-16H2,1-8H3/t18-,19-,21+,22+,23-,24-,25+,26-,27-,28-,29-,30+,31-,32-,33+,34+,35+,36+,37-/m1/s1. The first-order valence-corrected chi connectivity index (χ1v) is 18.7. The van der Waals surface area contributed by atoms with Gasteiger partial charge < -0.3 is 53.2 Å². The number of carbonyl (C=O) groups excluding carboxylic acids is 2. The molecular weight excluding hydrogens is 652 g/mol. The summed E-state index contributed by atoms with van der Waals surface area (Å²) in [6.07, 6.45) is -2.63. The van der Waals surface area contributed by atoms with Gasteiger partial charge >= 0.3 is 5.97 Å². The lowest BCUT2D eigenvalue weighted by Crippen LogP contribution is -2.70. The van der Waals surface area contributed by atoms with Crippen molar-refractivity contribution in [3.05, 3.63) is 0 Å². The molecule has 3 heterocycles. The fourth-order valence-electron chi connectivity index (χ4n) is 12.1. The molecule has 3 saturated heterocycles. The van der Waals surface area contributed by atoms with Crippen LogP contribution in [-0.2, 0) is 47.5 Å². The van der Waals surface area contributed by atoms with Crippen molar-refractivity contribution in [2.75, 3.05) is 14.2 Å². The number of ketones is 1. The maximum atomic E-state index is 12.9. The van der Waals surface area contributed by atoms with Crippen molar-refractivity contribution in [1.82, 2.24) is 0 Å². The van der Waals surface area contributed by atoms with Gasteiger partial charge in [-0.15, -0.1) is 0 Å². The van der Waals surface area contributed by atoms with Crippen molar-refractivity contribution >= 4 is 11.8 Å². The van der Waals surface area contributed by atoms with Crippen LogP contribution in [0, 0.1) is 28.6 Å². The van der Waals surface area contributed by atoms with Gasteiger partial charge in [-0.3, -0.25) is 9.59 Å². The summed E-state index contributed by atoms with van der Waals surface area (Å²) in [7, 11) is 3.04. The van der Waals surface area contributed by atoms with E-state index in [2.05, 4.69) is 6.92 Å². The Morgan fingerprint density at radius 3 is 2.20 bits per heavy atom. The molecule has 2 spiro atoms. The van der Waals surface area contributed by atoms with Gasteiger partial charge in [0.2, 0.25) is 0 Å². The van der Waals surface area contributed by atoms with Gasteiger partial charge in [0.05, 0.1) is 24.4 Å². The van der Waals surface area contributed by atoms with Crippen LogP contribution in [-0.4, -0.2) is 126 Å². The van der Waals surface area contributed by atoms with Crippen molar-refractivity contribution in [3.63, 3.8) is 0 Å². The third kappa shape index (κ3) is 5.23. The van der Waals surface area contributed by atoms with E-state index in [1.54, 1.807) is 21.0 Å². The molecule has 3 N–H and O–H groups in total. The molecule has 284 valence electrons. The Hall–Kier alpha value is -1.26. The minimum atomic E-state index is -1.20. The molecule has 3 aliphatic heterocycles. The van der Waals surface area contributed by atoms with E-state index in [-0.39, 0.29) is 35.1 Å². The van der Waals surface area contributed by atoms with Crippen LogP contribution >= 0.6 is 0 Å². The molecule has 13 heteroatoms. The molecule has 4 saturated carbocycles. The second kappa shape index (κ2) is 13.0. The topological polar surface area (TPSA) is 172 Å². The molecule has 0 aromatic heterocycles. The number of rotatable bonds is 8. The van der Waals surface area contributed by atoms with Crippen molar-refractivity contribution in [2.24, 2.45) is 28.6 Å². The van der Waals surface area contributed by atoms with Gasteiger partial charge in [0, 0.05) is 44.8 Å². The van der Waals surface area contributed by atoms with Gasteiger partial charge in [-0.25, -0.2) is 0 Å². The summed E-state index contributed by atoms with van der Waals surface area (Å²) in [4.78, 5) is 25.4. The normalized spacial score (nSPS) is 55.6. The third-order valence-corrected chi connectivity index (χ3v) is 14.6. The molecule has 7 fully saturated rings. The number of aliphatic hydroxyl groups excluding tert-OH is 3. The van der Waals surface area contributed by atoms with E-state index in [9.17, 15) is 24.9 Å². The van der Waals surface area contributed by atoms with Gasteiger partial charge in [-0.05, 0) is 77.0 Å². The average molecular weight is 711 g/mol. The minimum Gasteiger partial charge on any atom is -0.459 e. The summed E-state index contributed by atoms with van der Waals surface area (Å²) in [5.74, 6) is -0.691. The summed E-state index contributed by atoms with van der Waals surface area (Å²) in [6, 6.07) is 0. The maximum absolute atomic E-state index is 12.9. The number of hydrogen-bond acceptors (Lipinski definition) is 13. The monoisotopic (exact) mass is 710 g/mol. The van der Waals surface area contributed by atoms with Crippen LogP contribution in [0.1, 0.15) is 92.9 Å². The summed E-state index contributed by atoms with van der Waals surface area (Å²) in [5.41, 5.74) is -2.24. The molecule has 0 aromatic carbocycles. The molecule has 0 unspecified atom stereocenters. The molecule has 0 amide bonds. The van der Waals surface area contributed by atoms with Gasteiger partial charge in [0.25, 0.3) is 0 Å². The van der Waals surface area contributed by atoms with Crippen molar-refractivity contribution in [1.29, 1.82) is 0 Å². The molecule has 7 rings (SSSR count). The SMILES string of the molecule is CO[C@H]1[C@@H](O)[C@H](O[C@@H]2[C@@H](C)O[C@@H](O[C@H]3CC[C@@]4(C)[C@@H](CC[C@@]56O[C@@]57CC[C@H](C(C)=O)[C@@]7(C)[C@H](O)[C@@H](OC(C)=O)[C@H]46)C3)C[C@H]2OC)O[C@H](C)[C@H]1O. The highest BCUT2D eigenvalue weighted by molar-refractivity contribution is 5.80. The molecule has 13 nitrogen and oxygen atoms in total. The second-order valence-corrected chi connectivity index (χ2v) is 16.8. The maximum Gasteiger partial charge on any atom is 0.303 e. The Morgan fingerprint density at radius 1 is 0.800 bits per heavy atom. The first-order chi connectivity index (χ1) is 23.6. The lowest BCUT2D eigenvalue weighted by atomic mass is 9.43. The first-order valence-electron chi connectivity index (χ1n) is 18.7. The predicted octanol–water partition coefficient (Wildman–Crippen LogP) is 2.42. The highest BCUT2D eigenvalue weighted by Gasteiger charge is 2.90. The fraction of sp³-hybridized carbons (Fsp3) is 0.946. The zero-order valence-corrected chi connectivity index (χ0v) is 30.7. The van der Waals surface area contributed by atoms with E-state index in [0.717, 1.165) is 38.5 Å².